The molecule has 0 N–H and O–H groups in total. The highest BCUT2D eigenvalue weighted by molar-refractivity contribution is 5.72. The van der Waals surface area contributed by atoms with Gasteiger partial charge in [-0.15, -0.1) is 0 Å². The molecular formula is C25H15F5O. The quantitative estimate of drug-likeness (QED) is 0.304. The molecule has 0 radical (unpaired) electrons. The number of benzene rings is 4. The summed E-state index contributed by atoms with van der Waals surface area (Å²) in [5, 5.41) is 0. The molecule has 0 saturated heterocycles. The van der Waals surface area contributed by atoms with Gasteiger partial charge in [0.1, 0.15) is 18.2 Å². The second-order valence-electron chi connectivity index (χ2n) is 6.81. The summed E-state index contributed by atoms with van der Waals surface area (Å²) in [6.45, 7) is 0.219. The Morgan fingerprint density at radius 3 is 1.81 bits per heavy atom. The molecule has 0 aliphatic carbocycles. The second-order valence-corrected chi connectivity index (χ2v) is 6.81. The van der Waals surface area contributed by atoms with E-state index in [0.29, 0.717) is 0 Å². The van der Waals surface area contributed by atoms with Crippen LogP contribution in [0.3, 0.4) is 0 Å². The summed E-state index contributed by atoms with van der Waals surface area (Å²) in [5.41, 5.74) is -0.519. The minimum absolute atomic E-state index is 0.185. The summed E-state index contributed by atoms with van der Waals surface area (Å²) in [6, 6.07) is 18.5. The SMILES string of the molecule is Fc1cc(OCc2ccccc2)ccc1-c1ccc(-c2cccc(F)c2F)c(F)c1F. The van der Waals surface area contributed by atoms with Crippen molar-refractivity contribution in [3.8, 4) is 28.0 Å². The van der Waals surface area contributed by atoms with E-state index in [1.54, 1.807) is 0 Å². The first-order valence-corrected chi connectivity index (χ1v) is 9.34. The second kappa shape index (κ2) is 8.60. The molecule has 4 aromatic carbocycles. The zero-order chi connectivity index (χ0) is 22.0. The summed E-state index contributed by atoms with van der Waals surface area (Å²) in [4.78, 5) is 0. The largest absolute Gasteiger partial charge is 0.489 e. The van der Waals surface area contributed by atoms with E-state index in [-0.39, 0.29) is 23.5 Å². The maximum Gasteiger partial charge on any atom is 0.167 e. The van der Waals surface area contributed by atoms with Gasteiger partial charge in [-0.05, 0) is 23.8 Å². The van der Waals surface area contributed by atoms with E-state index in [9.17, 15) is 22.0 Å². The highest BCUT2D eigenvalue weighted by Crippen LogP contribution is 2.35. The molecule has 0 aliphatic rings. The lowest BCUT2D eigenvalue weighted by Gasteiger charge is -2.12. The fourth-order valence-corrected chi connectivity index (χ4v) is 3.22. The molecule has 4 aromatic rings. The Morgan fingerprint density at radius 1 is 0.516 bits per heavy atom. The lowest BCUT2D eigenvalue weighted by atomic mass is 9.98. The minimum atomic E-state index is -1.40. The molecule has 0 unspecified atom stereocenters. The summed E-state index contributed by atoms with van der Waals surface area (Å²) < 4.78 is 77.0. The molecular weight excluding hydrogens is 411 g/mol. The van der Waals surface area contributed by atoms with E-state index >= 15 is 0 Å². The van der Waals surface area contributed by atoms with Gasteiger partial charge in [0.15, 0.2) is 23.3 Å². The molecule has 0 heterocycles. The topological polar surface area (TPSA) is 9.23 Å². The maximum absolute atomic E-state index is 14.7. The third kappa shape index (κ3) is 4.14. The normalized spacial score (nSPS) is 10.9. The van der Waals surface area contributed by atoms with Crippen molar-refractivity contribution in [1.29, 1.82) is 0 Å². The van der Waals surface area contributed by atoms with Crippen LogP contribution in [0.2, 0.25) is 0 Å². The lowest BCUT2D eigenvalue weighted by molar-refractivity contribution is 0.304. The van der Waals surface area contributed by atoms with Gasteiger partial charge in [-0.3, -0.25) is 0 Å². The van der Waals surface area contributed by atoms with Crippen LogP contribution in [-0.2, 0) is 6.61 Å². The summed E-state index contributed by atoms with van der Waals surface area (Å²) in [7, 11) is 0. The fourth-order valence-electron chi connectivity index (χ4n) is 3.22. The van der Waals surface area contributed by atoms with E-state index < -0.39 is 40.2 Å². The molecule has 156 valence electrons. The van der Waals surface area contributed by atoms with Crippen molar-refractivity contribution < 1.29 is 26.7 Å². The summed E-state index contributed by atoms with van der Waals surface area (Å²) in [5.74, 6) is -5.82. The third-order valence-electron chi connectivity index (χ3n) is 4.80. The summed E-state index contributed by atoms with van der Waals surface area (Å²) in [6.07, 6.45) is 0. The van der Waals surface area contributed by atoms with Crippen molar-refractivity contribution in [2.24, 2.45) is 0 Å². The van der Waals surface area contributed by atoms with Crippen LogP contribution in [0.25, 0.3) is 22.3 Å². The van der Waals surface area contributed by atoms with Gasteiger partial charge in [-0.1, -0.05) is 54.6 Å². The summed E-state index contributed by atoms with van der Waals surface area (Å²) >= 11 is 0. The fraction of sp³-hybridized carbons (Fsp3) is 0.0400. The number of halogens is 5. The molecule has 0 amide bonds. The van der Waals surface area contributed by atoms with Gasteiger partial charge in [0.2, 0.25) is 0 Å². The standard InChI is InChI=1S/C25H15F5O/c26-21-8-4-7-18(23(21)28)20-12-11-19(24(29)25(20)30)17-10-9-16(13-22(17)27)31-14-15-5-2-1-3-6-15/h1-13H,14H2. The zero-order valence-corrected chi connectivity index (χ0v) is 16.0. The van der Waals surface area contributed by atoms with E-state index in [2.05, 4.69) is 0 Å². The van der Waals surface area contributed by atoms with Crippen molar-refractivity contribution in [3.05, 3.63) is 114 Å². The highest BCUT2D eigenvalue weighted by Gasteiger charge is 2.21. The average molecular weight is 426 g/mol. The van der Waals surface area contributed by atoms with Crippen molar-refractivity contribution in [2.75, 3.05) is 0 Å². The first-order valence-electron chi connectivity index (χ1n) is 9.34. The van der Waals surface area contributed by atoms with Crippen LogP contribution in [0.4, 0.5) is 22.0 Å². The number of hydrogen-bond donors (Lipinski definition) is 0. The Kier molecular flexibility index (Phi) is 5.71. The zero-order valence-electron chi connectivity index (χ0n) is 16.0. The average Bonchev–Trinajstić information content (AvgIpc) is 2.78. The Labute approximate surface area is 175 Å². The Hall–Kier alpha value is -3.67. The number of ether oxygens (including phenoxy) is 1. The smallest absolute Gasteiger partial charge is 0.167 e. The first-order chi connectivity index (χ1) is 15.0. The van der Waals surface area contributed by atoms with Crippen LogP contribution in [0.1, 0.15) is 5.56 Å². The van der Waals surface area contributed by atoms with Crippen molar-refractivity contribution in [3.63, 3.8) is 0 Å². The molecule has 0 spiro atoms. The van der Waals surface area contributed by atoms with Crippen LogP contribution in [0.15, 0.2) is 78.9 Å². The van der Waals surface area contributed by atoms with Gasteiger partial charge in [-0.2, -0.15) is 0 Å². The minimum Gasteiger partial charge on any atom is -0.489 e. The molecule has 31 heavy (non-hydrogen) atoms. The van der Waals surface area contributed by atoms with E-state index in [0.717, 1.165) is 35.9 Å². The molecule has 0 aromatic heterocycles. The van der Waals surface area contributed by atoms with Gasteiger partial charge in [0, 0.05) is 28.3 Å². The highest BCUT2D eigenvalue weighted by atomic mass is 19.2. The molecule has 0 bridgehead atoms. The number of rotatable bonds is 5. The molecule has 1 nitrogen and oxygen atoms in total. The number of hydrogen-bond acceptors (Lipinski definition) is 1. The van der Waals surface area contributed by atoms with Gasteiger partial charge in [0.25, 0.3) is 0 Å². The van der Waals surface area contributed by atoms with Crippen molar-refractivity contribution in [1.82, 2.24) is 0 Å². The Balaban J connectivity index is 1.64. The molecule has 4 rings (SSSR count). The molecule has 6 heteroatoms. The van der Waals surface area contributed by atoms with Crippen LogP contribution >= 0.6 is 0 Å². The molecule has 0 atom stereocenters. The predicted molar refractivity (Wildman–Crippen MR) is 108 cm³/mol. The monoisotopic (exact) mass is 426 g/mol. The Bertz CT molecular complexity index is 1240. The van der Waals surface area contributed by atoms with Gasteiger partial charge < -0.3 is 4.74 Å². The van der Waals surface area contributed by atoms with E-state index in [4.69, 9.17) is 4.74 Å². The maximum atomic E-state index is 14.7. The van der Waals surface area contributed by atoms with Gasteiger partial charge >= 0.3 is 0 Å². The van der Waals surface area contributed by atoms with E-state index in [1.165, 1.54) is 18.2 Å². The Morgan fingerprint density at radius 2 is 1.13 bits per heavy atom. The van der Waals surface area contributed by atoms with Crippen LogP contribution < -0.4 is 4.74 Å². The predicted octanol–water partition coefficient (Wildman–Crippen LogP) is 7.30. The molecule has 0 fully saturated rings. The van der Waals surface area contributed by atoms with Crippen LogP contribution in [-0.4, -0.2) is 0 Å². The van der Waals surface area contributed by atoms with Gasteiger partial charge in [0.05, 0.1) is 0 Å². The van der Waals surface area contributed by atoms with Crippen LogP contribution in [0.5, 0.6) is 5.75 Å². The van der Waals surface area contributed by atoms with Gasteiger partial charge in [-0.25, -0.2) is 22.0 Å². The first kappa shape index (κ1) is 20.6. The third-order valence-corrected chi connectivity index (χ3v) is 4.80. The van der Waals surface area contributed by atoms with Crippen molar-refractivity contribution >= 4 is 0 Å². The van der Waals surface area contributed by atoms with Crippen LogP contribution in [0, 0.1) is 29.1 Å². The van der Waals surface area contributed by atoms with E-state index in [1.807, 2.05) is 30.3 Å². The lowest BCUT2D eigenvalue weighted by Crippen LogP contribution is -1.99. The molecule has 0 saturated carbocycles. The van der Waals surface area contributed by atoms with Crippen molar-refractivity contribution in [2.45, 2.75) is 6.61 Å². The molecule has 0 aliphatic heterocycles.